The van der Waals surface area contributed by atoms with Crippen LogP contribution < -0.4 is 5.32 Å². The molecule has 0 heterocycles. The van der Waals surface area contributed by atoms with Gasteiger partial charge in [-0.05, 0) is 37.9 Å². The monoisotopic (exact) mass is 261 g/mol. The number of benzene rings is 1. The molecule has 1 heteroatoms. The van der Waals surface area contributed by atoms with Crippen LogP contribution in [-0.4, -0.2) is 13.1 Å². The third-order valence-electron chi connectivity index (χ3n) is 3.62. The number of aryl methyl sites for hydroxylation is 1. The Morgan fingerprint density at radius 3 is 2.11 bits per heavy atom. The molecule has 108 valence electrons. The van der Waals surface area contributed by atoms with Crippen LogP contribution in [-0.2, 0) is 6.42 Å². The number of unbranched alkanes of at least 4 members (excludes halogenated alkanes) is 6. The summed E-state index contributed by atoms with van der Waals surface area (Å²) in [5.41, 5.74) is 1.46. The van der Waals surface area contributed by atoms with E-state index in [2.05, 4.69) is 42.6 Å². The molecule has 0 spiro atoms. The third kappa shape index (κ3) is 9.72. The fourth-order valence-corrected chi connectivity index (χ4v) is 2.39. The molecule has 0 saturated carbocycles. The van der Waals surface area contributed by atoms with Crippen LogP contribution in [0.5, 0.6) is 0 Å². The molecule has 0 bridgehead atoms. The van der Waals surface area contributed by atoms with Crippen LogP contribution in [0, 0.1) is 0 Å². The van der Waals surface area contributed by atoms with Crippen molar-refractivity contribution in [1.82, 2.24) is 5.32 Å². The summed E-state index contributed by atoms with van der Waals surface area (Å²) in [7, 11) is 0. The zero-order valence-electron chi connectivity index (χ0n) is 12.7. The van der Waals surface area contributed by atoms with Crippen molar-refractivity contribution in [3.05, 3.63) is 35.9 Å². The zero-order valence-corrected chi connectivity index (χ0v) is 12.7. The summed E-state index contributed by atoms with van der Waals surface area (Å²) in [6, 6.07) is 10.8. The maximum atomic E-state index is 3.56. The van der Waals surface area contributed by atoms with E-state index in [1.165, 1.54) is 69.9 Å². The summed E-state index contributed by atoms with van der Waals surface area (Å²) < 4.78 is 0. The van der Waals surface area contributed by atoms with Gasteiger partial charge >= 0.3 is 0 Å². The topological polar surface area (TPSA) is 12.0 Å². The number of hydrogen-bond donors (Lipinski definition) is 1. The van der Waals surface area contributed by atoms with Crippen molar-refractivity contribution in [2.75, 3.05) is 13.1 Å². The second-order valence-electron chi connectivity index (χ2n) is 5.46. The number of nitrogens with one attached hydrogen (secondary N) is 1. The van der Waals surface area contributed by atoms with Gasteiger partial charge in [0.05, 0.1) is 0 Å². The highest BCUT2D eigenvalue weighted by Crippen LogP contribution is 2.06. The van der Waals surface area contributed by atoms with E-state index in [1.54, 1.807) is 0 Å². The molecular formula is C18H31N. The maximum Gasteiger partial charge on any atom is -0.00457 e. The van der Waals surface area contributed by atoms with Gasteiger partial charge in [0.25, 0.3) is 0 Å². The third-order valence-corrected chi connectivity index (χ3v) is 3.62. The molecule has 1 nitrogen and oxygen atoms in total. The summed E-state index contributed by atoms with van der Waals surface area (Å²) in [5, 5.41) is 3.56. The minimum absolute atomic E-state index is 1.16. The van der Waals surface area contributed by atoms with Crippen molar-refractivity contribution < 1.29 is 0 Å². The van der Waals surface area contributed by atoms with Gasteiger partial charge in [-0.15, -0.1) is 0 Å². The first kappa shape index (κ1) is 16.2. The smallest absolute Gasteiger partial charge is 0.00457 e. The van der Waals surface area contributed by atoms with Crippen molar-refractivity contribution in [3.63, 3.8) is 0 Å². The standard InChI is InChI=1S/C18H31N/c1-2-3-4-5-6-7-11-16-19-17-12-15-18-13-9-8-10-14-18/h8-10,13-14,19H,2-7,11-12,15-17H2,1H3. The van der Waals surface area contributed by atoms with E-state index in [-0.39, 0.29) is 0 Å². The van der Waals surface area contributed by atoms with Crippen LogP contribution in [0.25, 0.3) is 0 Å². The average molecular weight is 261 g/mol. The van der Waals surface area contributed by atoms with E-state index in [4.69, 9.17) is 0 Å². The van der Waals surface area contributed by atoms with Gasteiger partial charge in [0, 0.05) is 0 Å². The molecule has 0 radical (unpaired) electrons. The summed E-state index contributed by atoms with van der Waals surface area (Å²) in [6.07, 6.45) is 12.2. The lowest BCUT2D eigenvalue weighted by atomic mass is 10.1. The zero-order chi connectivity index (χ0) is 13.6. The molecule has 1 N–H and O–H groups in total. The highest BCUT2D eigenvalue weighted by Gasteiger charge is 1.93. The Morgan fingerprint density at radius 2 is 1.37 bits per heavy atom. The summed E-state index contributed by atoms with van der Waals surface area (Å²) in [5.74, 6) is 0. The highest BCUT2D eigenvalue weighted by atomic mass is 14.8. The van der Waals surface area contributed by atoms with E-state index < -0.39 is 0 Å². The molecule has 0 fully saturated rings. The first-order valence-corrected chi connectivity index (χ1v) is 8.18. The first-order chi connectivity index (χ1) is 9.43. The Morgan fingerprint density at radius 1 is 0.737 bits per heavy atom. The van der Waals surface area contributed by atoms with Crippen LogP contribution in [0.15, 0.2) is 30.3 Å². The second kappa shape index (κ2) is 12.2. The lowest BCUT2D eigenvalue weighted by Crippen LogP contribution is -2.17. The molecule has 0 amide bonds. The lowest BCUT2D eigenvalue weighted by molar-refractivity contribution is 0.557. The Labute approximate surface area is 119 Å². The van der Waals surface area contributed by atoms with Gasteiger partial charge in [-0.25, -0.2) is 0 Å². The van der Waals surface area contributed by atoms with Gasteiger partial charge < -0.3 is 5.32 Å². The SMILES string of the molecule is CCCCCCCCCNCCCc1ccccc1. The molecule has 0 atom stereocenters. The van der Waals surface area contributed by atoms with Crippen LogP contribution in [0.4, 0.5) is 0 Å². The predicted octanol–water partition coefficient (Wildman–Crippen LogP) is 4.96. The van der Waals surface area contributed by atoms with Gasteiger partial charge in [-0.2, -0.15) is 0 Å². The van der Waals surface area contributed by atoms with E-state index in [0.29, 0.717) is 0 Å². The molecule has 1 aromatic rings. The van der Waals surface area contributed by atoms with Crippen molar-refractivity contribution in [1.29, 1.82) is 0 Å². The Bertz CT molecular complexity index is 281. The molecule has 19 heavy (non-hydrogen) atoms. The van der Waals surface area contributed by atoms with E-state index in [0.717, 1.165) is 6.54 Å². The molecule has 1 rings (SSSR count). The van der Waals surface area contributed by atoms with Crippen molar-refractivity contribution in [2.45, 2.75) is 64.7 Å². The Hall–Kier alpha value is -0.820. The molecule has 0 unspecified atom stereocenters. The minimum atomic E-state index is 1.16. The Kier molecular flexibility index (Phi) is 10.4. The normalized spacial score (nSPS) is 10.8. The Balaban J connectivity index is 1.79. The molecule has 1 aromatic carbocycles. The molecule has 0 aliphatic carbocycles. The molecule has 0 aliphatic heterocycles. The average Bonchev–Trinajstić information content (AvgIpc) is 2.46. The van der Waals surface area contributed by atoms with E-state index in [1.807, 2.05) is 0 Å². The number of hydrogen-bond acceptors (Lipinski definition) is 1. The van der Waals surface area contributed by atoms with Crippen LogP contribution in [0.1, 0.15) is 63.9 Å². The van der Waals surface area contributed by atoms with Crippen molar-refractivity contribution in [2.24, 2.45) is 0 Å². The summed E-state index contributed by atoms with van der Waals surface area (Å²) >= 11 is 0. The largest absolute Gasteiger partial charge is 0.317 e. The summed E-state index contributed by atoms with van der Waals surface area (Å²) in [6.45, 7) is 4.63. The quantitative estimate of drug-likeness (QED) is 0.524. The van der Waals surface area contributed by atoms with Gasteiger partial charge in [-0.1, -0.05) is 75.8 Å². The first-order valence-electron chi connectivity index (χ1n) is 8.18. The molecule has 0 aromatic heterocycles. The van der Waals surface area contributed by atoms with Crippen molar-refractivity contribution in [3.8, 4) is 0 Å². The predicted molar refractivity (Wildman–Crippen MR) is 85.6 cm³/mol. The van der Waals surface area contributed by atoms with Crippen molar-refractivity contribution >= 4 is 0 Å². The van der Waals surface area contributed by atoms with Gasteiger partial charge in [0.1, 0.15) is 0 Å². The summed E-state index contributed by atoms with van der Waals surface area (Å²) in [4.78, 5) is 0. The number of rotatable bonds is 12. The fraction of sp³-hybridized carbons (Fsp3) is 0.667. The van der Waals surface area contributed by atoms with Gasteiger partial charge in [0.2, 0.25) is 0 Å². The molecular weight excluding hydrogens is 230 g/mol. The van der Waals surface area contributed by atoms with Gasteiger partial charge in [-0.3, -0.25) is 0 Å². The molecule has 0 aliphatic rings. The van der Waals surface area contributed by atoms with Crippen LogP contribution in [0.2, 0.25) is 0 Å². The lowest BCUT2D eigenvalue weighted by Gasteiger charge is -2.05. The van der Waals surface area contributed by atoms with Crippen LogP contribution in [0.3, 0.4) is 0 Å². The maximum absolute atomic E-state index is 3.56. The van der Waals surface area contributed by atoms with E-state index in [9.17, 15) is 0 Å². The minimum Gasteiger partial charge on any atom is -0.317 e. The van der Waals surface area contributed by atoms with Gasteiger partial charge in [0.15, 0.2) is 0 Å². The second-order valence-corrected chi connectivity index (χ2v) is 5.46. The fourth-order valence-electron chi connectivity index (χ4n) is 2.39. The van der Waals surface area contributed by atoms with Crippen LogP contribution >= 0.6 is 0 Å². The molecule has 0 saturated heterocycles. The van der Waals surface area contributed by atoms with E-state index >= 15 is 0 Å². The highest BCUT2D eigenvalue weighted by molar-refractivity contribution is 5.14.